The lowest BCUT2D eigenvalue weighted by Crippen LogP contribution is -2.54. The maximum absolute atomic E-state index is 14.6. The highest BCUT2D eigenvalue weighted by Crippen LogP contribution is 2.18. The Kier molecular flexibility index (Phi) is 30.8. The monoisotopic (exact) mass is 966 g/mol. The molecule has 2 atom stereocenters. The van der Waals surface area contributed by atoms with Crippen molar-refractivity contribution in [1.29, 1.82) is 0 Å². The van der Waals surface area contributed by atoms with Crippen LogP contribution in [0.1, 0.15) is 77.6 Å². The van der Waals surface area contributed by atoms with Gasteiger partial charge in [-0.1, -0.05) is 19.8 Å². The number of rotatable bonds is 37. The van der Waals surface area contributed by atoms with Gasteiger partial charge in [-0.05, 0) is 84.0 Å². The van der Waals surface area contributed by atoms with Gasteiger partial charge < -0.3 is 87.6 Å². The molecule has 27 nitrogen and oxygen atoms in total. The minimum atomic E-state index is -1.08. The number of nitrogens with one attached hydrogen (secondary N) is 2. The molecule has 6 amide bonds. The van der Waals surface area contributed by atoms with Crippen molar-refractivity contribution in [1.82, 2.24) is 35.1 Å². The number of aliphatic imine (C=N–C) groups is 4. The number of likely N-dealkylation sites (tertiary alicyclic amines) is 1. The summed E-state index contributed by atoms with van der Waals surface area (Å²) in [6.07, 6.45) is 6.68. The van der Waals surface area contributed by atoms with Crippen LogP contribution in [0, 0.1) is 0 Å². The largest absolute Gasteiger partial charge is 0.370 e. The van der Waals surface area contributed by atoms with E-state index in [9.17, 15) is 28.8 Å². The number of amides is 6. The highest BCUT2D eigenvalue weighted by molar-refractivity contribution is 5.92. The lowest BCUT2D eigenvalue weighted by Gasteiger charge is -2.34. The van der Waals surface area contributed by atoms with Gasteiger partial charge in [-0.3, -0.25) is 53.6 Å². The number of carbonyl (C=O) groups is 6. The van der Waals surface area contributed by atoms with Crippen LogP contribution >= 0.6 is 0 Å². The Morgan fingerprint density at radius 3 is 1.53 bits per heavy atom. The van der Waals surface area contributed by atoms with Gasteiger partial charge in [0.2, 0.25) is 35.4 Å². The number of nitrogens with zero attached hydrogens (tertiary/aromatic N) is 9. The molecular weight excluding hydrogens is 883 g/mol. The number of primary amides is 1. The fourth-order valence-electron chi connectivity index (χ4n) is 7.36. The fourth-order valence-corrected chi connectivity index (χ4v) is 7.36. The molecule has 0 aliphatic carbocycles. The van der Waals surface area contributed by atoms with Crippen molar-refractivity contribution in [3.63, 3.8) is 0 Å². The summed E-state index contributed by atoms with van der Waals surface area (Å²) in [6.45, 7) is 3.98. The van der Waals surface area contributed by atoms with E-state index in [1.54, 1.807) is 0 Å². The molecule has 1 aliphatic heterocycles. The van der Waals surface area contributed by atoms with E-state index < -0.39 is 55.2 Å². The topological polar surface area (TPSA) is 452 Å². The standard InChI is InChI=1S/C41H83N21O6/c1-2-58-20-8-12-30(58)25-62(29-35(66)59(21-9-17-54-39(46)47)26-32(63)57-31(37(43)68)13-7-16-53-38(44)45)36(67)28-61(23-11-19-56-41(50)51)34(65)27-60(22-10-18-55-40(48)49)33(64)24-52-15-6-4-3-5-14-42/h30-31,52H,2-29,42H2,1H3,(H2,43,68)(H,57,63)(H4,44,45,53)(H4,46,47,54)(H4,48,49,55)(H4,50,51,56)/t30-,31+/m0/s1. The molecule has 388 valence electrons. The Bertz CT molecular complexity index is 1660. The summed E-state index contributed by atoms with van der Waals surface area (Å²) in [5, 5.41) is 5.74. The second-order valence-electron chi connectivity index (χ2n) is 16.5. The van der Waals surface area contributed by atoms with E-state index in [0.29, 0.717) is 32.5 Å². The first-order valence-electron chi connectivity index (χ1n) is 23.4. The lowest BCUT2D eigenvalue weighted by molar-refractivity contribution is -0.147. The molecule has 1 heterocycles. The lowest BCUT2D eigenvalue weighted by atomic mass is 10.1. The molecule has 0 unspecified atom stereocenters. The van der Waals surface area contributed by atoms with Crippen molar-refractivity contribution in [3.05, 3.63) is 0 Å². The minimum absolute atomic E-state index is 0.00685. The number of likely N-dealkylation sites (N-methyl/N-ethyl adjacent to an activating group) is 1. The number of hydrogen-bond donors (Lipinski definition) is 12. The van der Waals surface area contributed by atoms with E-state index in [1.165, 1.54) is 19.6 Å². The number of nitrogens with two attached hydrogens (primary N) is 10. The Morgan fingerprint density at radius 1 is 0.588 bits per heavy atom. The van der Waals surface area contributed by atoms with Crippen LogP contribution in [-0.2, 0) is 28.8 Å². The van der Waals surface area contributed by atoms with Crippen LogP contribution in [-0.4, -0.2) is 207 Å². The number of carbonyl (C=O) groups excluding carboxylic acids is 6. The van der Waals surface area contributed by atoms with Gasteiger partial charge in [-0.15, -0.1) is 0 Å². The Labute approximate surface area is 400 Å². The first-order chi connectivity index (χ1) is 32.4. The summed E-state index contributed by atoms with van der Waals surface area (Å²) >= 11 is 0. The van der Waals surface area contributed by atoms with E-state index in [2.05, 4.69) is 35.5 Å². The maximum Gasteiger partial charge on any atom is 0.242 e. The first kappa shape index (κ1) is 59.8. The van der Waals surface area contributed by atoms with Gasteiger partial charge in [0, 0.05) is 58.4 Å². The van der Waals surface area contributed by atoms with E-state index in [0.717, 1.165) is 45.1 Å². The van der Waals surface area contributed by atoms with Gasteiger partial charge in [-0.2, -0.15) is 0 Å². The third-order valence-corrected chi connectivity index (χ3v) is 10.9. The maximum atomic E-state index is 14.6. The Hall–Kier alpha value is -6.22. The van der Waals surface area contributed by atoms with Gasteiger partial charge in [0.25, 0.3) is 0 Å². The average Bonchev–Trinajstić information content (AvgIpc) is 3.73. The van der Waals surface area contributed by atoms with Crippen molar-refractivity contribution >= 4 is 59.3 Å². The molecule has 68 heavy (non-hydrogen) atoms. The van der Waals surface area contributed by atoms with E-state index >= 15 is 0 Å². The Balaban J connectivity index is 3.49. The Morgan fingerprint density at radius 2 is 1.04 bits per heavy atom. The predicted octanol–water partition coefficient (Wildman–Crippen LogP) is -6.09. The van der Waals surface area contributed by atoms with Gasteiger partial charge in [0.15, 0.2) is 23.8 Å². The molecule has 0 radical (unpaired) electrons. The van der Waals surface area contributed by atoms with Gasteiger partial charge in [0.05, 0.1) is 32.7 Å². The molecule has 1 fully saturated rings. The van der Waals surface area contributed by atoms with Crippen molar-refractivity contribution in [2.24, 2.45) is 77.3 Å². The number of guanidine groups is 4. The predicted molar refractivity (Wildman–Crippen MR) is 264 cm³/mol. The zero-order chi connectivity index (χ0) is 50.9. The second kappa shape index (κ2) is 35.0. The van der Waals surface area contributed by atoms with E-state index in [1.807, 2.05) is 6.92 Å². The average molecular weight is 966 g/mol. The van der Waals surface area contributed by atoms with Crippen molar-refractivity contribution in [2.45, 2.75) is 89.6 Å². The number of unbranched alkanes of at least 4 members (excludes halogenated alkanes) is 3. The third kappa shape index (κ3) is 27.4. The molecule has 1 rings (SSSR count). The molecule has 0 aromatic carbocycles. The molecule has 0 aromatic heterocycles. The zero-order valence-corrected chi connectivity index (χ0v) is 40.2. The number of hydrogen-bond acceptors (Lipinski definition) is 13. The summed E-state index contributed by atoms with van der Waals surface area (Å²) in [5.41, 5.74) is 55.1. The van der Waals surface area contributed by atoms with E-state index in [4.69, 9.17) is 57.3 Å². The van der Waals surface area contributed by atoms with Crippen LogP contribution in [0.3, 0.4) is 0 Å². The molecule has 0 aromatic rings. The highest BCUT2D eigenvalue weighted by Gasteiger charge is 2.32. The molecule has 0 saturated carbocycles. The molecule has 22 N–H and O–H groups in total. The SMILES string of the molecule is CCN1CCC[C@H]1CN(CC(=O)N(CCCN=C(N)N)CC(=O)N[C@H](CCCN=C(N)N)C(N)=O)C(=O)CN(CCCN=C(N)N)C(=O)CN(CCCN=C(N)N)C(=O)CNCCCCCCN. The third-order valence-electron chi connectivity index (χ3n) is 10.9. The van der Waals surface area contributed by atoms with Crippen LogP contribution in [0.4, 0.5) is 0 Å². The molecule has 0 spiro atoms. The van der Waals surface area contributed by atoms with Crippen LogP contribution < -0.4 is 68.0 Å². The van der Waals surface area contributed by atoms with Gasteiger partial charge in [-0.25, -0.2) is 0 Å². The molecule has 1 saturated heterocycles. The van der Waals surface area contributed by atoms with Crippen LogP contribution in [0.25, 0.3) is 0 Å². The minimum Gasteiger partial charge on any atom is -0.370 e. The first-order valence-corrected chi connectivity index (χ1v) is 23.4. The van der Waals surface area contributed by atoms with Crippen LogP contribution in [0.2, 0.25) is 0 Å². The molecule has 1 aliphatic rings. The van der Waals surface area contributed by atoms with Crippen molar-refractivity contribution < 1.29 is 28.8 Å². The highest BCUT2D eigenvalue weighted by atomic mass is 16.2. The quantitative estimate of drug-likeness (QED) is 0.0157. The normalized spacial score (nSPS) is 13.6. The molecule has 27 heteroatoms. The van der Waals surface area contributed by atoms with Crippen LogP contribution in [0.15, 0.2) is 20.0 Å². The smallest absolute Gasteiger partial charge is 0.242 e. The zero-order valence-electron chi connectivity index (χ0n) is 40.2. The fraction of sp³-hybridized carbons (Fsp3) is 0.756. The van der Waals surface area contributed by atoms with Gasteiger partial charge in [0.1, 0.15) is 6.04 Å². The van der Waals surface area contributed by atoms with E-state index in [-0.39, 0.29) is 120 Å². The molecule has 0 bridgehead atoms. The summed E-state index contributed by atoms with van der Waals surface area (Å²) in [5.74, 6) is -3.99. The van der Waals surface area contributed by atoms with Crippen molar-refractivity contribution in [3.8, 4) is 0 Å². The summed E-state index contributed by atoms with van der Waals surface area (Å²) in [6, 6.07) is -1.17. The van der Waals surface area contributed by atoms with Crippen LogP contribution in [0.5, 0.6) is 0 Å². The summed E-state index contributed by atoms with van der Waals surface area (Å²) in [4.78, 5) is 106. The summed E-state index contributed by atoms with van der Waals surface area (Å²) < 4.78 is 0. The van der Waals surface area contributed by atoms with Crippen molar-refractivity contribution in [2.75, 3.05) is 111 Å². The second-order valence-corrected chi connectivity index (χ2v) is 16.5. The molecular formula is C41H83N21O6. The summed E-state index contributed by atoms with van der Waals surface area (Å²) in [7, 11) is 0. The van der Waals surface area contributed by atoms with Gasteiger partial charge >= 0.3 is 0 Å².